The quantitative estimate of drug-likeness (QED) is 0.793. The van der Waals surface area contributed by atoms with Gasteiger partial charge in [0.2, 0.25) is 0 Å². The third-order valence-corrected chi connectivity index (χ3v) is 2.48. The SMILES string of the molecule is CCOc1cccnc1NCc1cccc(N)c1. The highest BCUT2D eigenvalue weighted by molar-refractivity contribution is 5.50. The van der Waals surface area contributed by atoms with Crippen molar-refractivity contribution in [3.05, 3.63) is 48.2 Å². The number of nitrogens with one attached hydrogen (secondary N) is 1. The molecule has 0 aliphatic carbocycles. The van der Waals surface area contributed by atoms with E-state index >= 15 is 0 Å². The Kier molecular flexibility index (Phi) is 4.02. The summed E-state index contributed by atoms with van der Waals surface area (Å²) in [6, 6.07) is 11.5. The molecule has 1 aromatic carbocycles. The smallest absolute Gasteiger partial charge is 0.169 e. The molecule has 1 aromatic heterocycles. The van der Waals surface area contributed by atoms with Gasteiger partial charge in [0.05, 0.1) is 6.61 Å². The molecule has 1 heterocycles. The number of nitrogens with zero attached hydrogens (tertiary/aromatic N) is 1. The number of ether oxygens (including phenoxy) is 1. The van der Waals surface area contributed by atoms with Crippen LogP contribution in [0, 0.1) is 0 Å². The molecule has 94 valence electrons. The lowest BCUT2D eigenvalue weighted by atomic mass is 10.2. The Bertz CT molecular complexity index is 514. The zero-order valence-corrected chi connectivity index (χ0v) is 10.4. The van der Waals surface area contributed by atoms with Gasteiger partial charge in [-0.2, -0.15) is 0 Å². The monoisotopic (exact) mass is 243 g/mol. The molecule has 4 nitrogen and oxygen atoms in total. The molecule has 18 heavy (non-hydrogen) atoms. The first-order valence-corrected chi connectivity index (χ1v) is 5.95. The number of anilines is 2. The van der Waals surface area contributed by atoms with E-state index in [1.54, 1.807) is 6.20 Å². The first-order chi connectivity index (χ1) is 8.79. The van der Waals surface area contributed by atoms with E-state index in [0.29, 0.717) is 13.2 Å². The lowest BCUT2D eigenvalue weighted by Crippen LogP contribution is -2.04. The van der Waals surface area contributed by atoms with Crippen LogP contribution in [0.5, 0.6) is 5.75 Å². The van der Waals surface area contributed by atoms with Crippen molar-refractivity contribution in [1.29, 1.82) is 0 Å². The Balaban J connectivity index is 2.06. The highest BCUT2D eigenvalue weighted by Gasteiger charge is 2.03. The van der Waals surface area contributed by atoms with Gasteiger partial charge in [0, 0.05) is 18.4 Å². The van der Waals surface area contributed by atoms with Gasteiger partial charge in [-0.25, -0.2) is 4.98 Å². The molecular formula is C14H17N3O. The maximum Gasteiger partial charge on any atom is 0.169 e. The number of pyridine rings is 1. The van der Waals surface area contributed by atoms with E-state index < -0.39 is 0 Å². The molecule has 2 aromatic rings. The van der Waals surface area contributed by atoms with Crippen molar-refractivity contribution in [2.45, 2.75) is 13.5 Å². The number of aromatic nitrogens is 1. The van der Waals surface area contributed by atoms with E-state index in [9.17, 15) is 0 Å². The average Bonchev–Trinajstić information content (AvgIpc) is 2.38. The second-order valence-electron chi connectivity index (χ2n) is 3.88. The molecule has 0 fully saturated rings. The van der Waals surface area contributed by atoms with Gasteiger partial charge in [-0.05, 0) is 36.8 Å². The largest absolute Gasteiger partial charge is 0.490 e. The van der Waals surface area contributed by atoms with Gasteiger partial charge in [0.15, 0.2) is 11.6 Å². The van der Waals surface area contributed by atoms with E-state index in [4.69, 9.17) is 10.5 Å². The lowest BCUT2D eigenvalue weighted by Gasteiger charge is -2.11. The highest BCUT2D eigenvalue weighted by atomic mass is 16.5. The maximum absolute atomic E-state index is 5.74. The molecule has 0 spiro atoms. The Hall–Kier alpha value is -2.23. The van der Waals surface area contributed by atoms with Gasteiger partial charge < -0.3 is 15.8 Å². The van der Waals surface area contributed by atoms with Crippen molar-refractivity contribution < 1.29 is 4.74 Å². The van der Waals surface area contributed by atoms with Crippen LogP contribution in [-0.4, -0.2) is 11.6 Å². The zero-order valence-electron chi connectivity index (χ0n) is 10.4. The highest BCUT2D eigenvalue weighted by Crippen LogP contribution is 2.21. The molecule has 0 atom stereocenters. The topological polar surface area (TPSA) is 60.2 Å². The molecule has 0 unspecified atom stereocenters. The second-order valence-corrected chi connectivity index (χ2v) is 3.88. The summed E-state index contributed by atoms with van der Waals surface area (Å²) in [5.41, 5.74) is 7.62. The standard InChI is InChI=1S/C14H17N3O/c1-2-18-13-7-4-8-16-14(13)17-10-11-5-3-6-12(15)9-11/h3-9H,2,10,15H2,1H3,(H,16,17). The summed E-state index contributed by atoms with van der Waals surface area (Å²) in [5, 5.41) is 3.25. The predicted octanol–water partition coefficient (Wildman–Crippen LogP) is 2.67. The molecule has 0 bridgehead atoms. The molecule has 0 aliphatic rings. The number of benzene rings is 1. The van der Waals surface area contributed by atoms with Crippen molar-refractivity contribution >= 4 is 11.5 Å². The summed E-state index contributed by atoms with van der Waals surface area (Å²) < 4.78 is 5.50. The molecule has 4 heteroatoms. The molecule has 3 N–H and O–H groups in total. The first-order valence-electron chi connectivity index (χ1n) is 5.95. The number of nitrogens with two attached hydrogens (primary N) is 1. The van der Waals surface area contributed by atoms with Crippen LogP contribution in [0.15, 0.2) is 42.6 Å². The summed E-state index contributed by atoms with van der Waals surface area (Å²) in [6.07, 6.45) is 1.74. The van der Waals surface area contributed by atoms with Gasteiger partial charge in [-0.3, -0.25) is 0 Å². The third kappa shape index (κ3) is 3.13. The summed E-state index contributed by atoms with van der Waals surface area (Å²) >= 11 is 0. The fourth-order valence-electron chi connectivity index (χ4n) is 1.68. The van der Waals surface area contributed by atoms with Crippen molar-refractivity contribution in [1.82, 2.24) is 4.98 Å². The van der Waals surface area contributed by atoms with Crippen LogP contribution in [-0.2, 0) is 6.54 Å². The van der Waals surface area contributed by atoms with Crippen LogP contribution in [0.1, 0.15) is 12.5 Å². The van der Waals surface area contributed by atoms with Gasteiger partial charge in [0.1, 0.15) is 0 Å². The van der Waals surface area contributed by atoms with Crippen molar-refractivity contribution in [3.63, 3.8) is 0 Å². The fourth-order valence-corrected chi connectivity index (χ4v) is 1.68. The minimum absolute atomic E-state index is 0.624. The number of nitrogen functional groups attached to an aromatic ring is 1. The molecule has 0 saturated carbocycles. The minimum atomic E-state index is 0.624. The van der Waals surface area contributed by atoms with Gasteiger partial charge in [0.25, 0.3) is 0 Å². The minimum Gasteiger partial charge on any atom is -0.490 e. The number of rotatable bonds is 5. The second kappa shape index (κ2) is 5.91. The van der Waals surface area contributed by atoms with Gasteiger partial charge >= 0.3 is 0 Å². The molecule has 0 amide bonds. The van der Waals surface area contributed by atoms with Gasteiger partial charge in [-0.15, -0.1) is 0 Å². The van der Waals surface area contributed by atoms with E-state index in [0.717, 1.165) is 22.8 Å². The Morgan fingerprint density at radius 2 is 2.17 bits per heavy atom. The molecule has 0 aliphatic heterocycles. The molecule has 0 saturated heterocycles. The van der Waals surface area contributed by atoms with Crippen LogP contribution >= 0.6 is 0 Å². The van der Waals surface area contributed by atoms with E-state index in [-0.39, 0.29) is 0 Å². The van der Waals surface area contributed by atoms with Crippen molar-refractivity contribution in [2.75, 3.05) is 17.7 Å². The average molecular weight is 243 g/mol. The zero-order chi connectivity index (χ0) is 12.8. The predicted molar refractivity (Wildman–Crippen MR) is 73.6 cm³/mol. The molecule has 2 rings (SSSR count). The normalized spacial score (nSPS) is 10.1. The molecular weight excluding hydrogens is 226 g/mol. The molecule has 0 radical (unpaired) electrons. The van der Waals surface area contributed by atoms with Crippen molar-refractivity contribution in [3.8, 4) is 5.75 Å². The summed E-state index contributed by atoms with van der Waals surface area (Å²) in [5.74, 6) is 1.52. The van der Waals surface area contributed by atoms with Crippen molar-refractivity contribution in [2.24, 2.45) is 0 Å². The Morgan fingerprint density at radius 3 is 2.94 bits per heavy atom. The third-order valence-electron chi connectivity index (χ3n) is 2.48. The number of hydrogen-bond acceptors (Lipinski definition) is 4. The lowest BCUT2D eigenvalue weighted by molar-refractivity contribution is 0.340. The summed E-state index contributed by atoms with van der Waals surface area (Å²) in [7, 11) is 0. The van der Waals surface area contributed by atoms with Gasteiger partial charge in [-0.1, -0.05) is 12.1 Å². The van der Waals surface area contributed by atoms with Crippen LogP contribution < -0.4 is 15.8 Å². The van der Waals surface area contributed by atoms with Crippen LogP contribution in [0.2, 0.25) is 0 Å². The number of hydrogen-bond donors (Lipinski definition) is 2. The maximum atomic E-state index is 5.74. The Morgan fingerprint density at radius 1 is 1.28 bits per heavy atom. The first kappa shape index (κ1) is 12.2. The van der Waals surface area contributed by atoms with Crippen LogP contribution in [0.3, 0.4) is 0 Å². The van der Waals surface area contributed by atoms with E-state index in [1.165, 1.54) is 0 Å². The summed E-state index contributed by atoms with van der Waals surface area (Å²) in [6.45, 7) is 3.25. The van der Waals surface area contributed by atoms with Crippen LogP contribution in [0.25, 0.3) is 0 Å². The Labute approximate surface area is 107 Å². The van der Waals surface area contributed by atoms with E-state index in [2.05, 4.69) is 10.3 Å². The summed E-state index contributed by atoms with van der Waals surface area (Å²) in [4.78, 5) is 4.27. The van der Waals surface area contributed by atoms with E-state index in [1.807, 2.05) is 43.3 Å². The van der Waals surface area contributed by atoms with Crippen LogP contribution in [0.4, 0.5) is 11.5 Å². The fraction of sp³-hybridized carbons (Fsp3) is 0.214.